The monoisotopic (exact) mass is 462 g/mol. The molecule has 5 N–H and O–H groups in total. The molecule has 8 atom stereocenters. The Balaban J connectivity index is 2.09. The molecule has 0 aromatic carbocycles. The molecule has 2 heterocycles. The molecule has 8 nitrogen and oxygen atoms in total. The van der Waals surface area contributed by atoms with E-state index in [4.69, 9.17) is 16.3 Å². The Kier molecular flexibility index (Phi) is 9.80. The zero-order valence-corrected chi connectivity index (χ0v) is 18.9. The SMILES string of the molecule is CSC1O[C@H]([C@H](NC(=O)[C@@H]2CC=C(/C=C/C(C)=O)CCN2)[C@H](C)Cl)C(O)C(O)[C@H]1O. The number of allylic oxidation sites excluding steroid dienone is 2. The van der Waals surface area contributed by atoms with E-state index < -0.39 is 47.3 Å². The van der Waals surface area contributed by atoms with Crippen LogP contribution in [-0.2, 0) is 14.3 Å². The van der Waals surface area contributed by atoms with Crippen molar-refractivity contribution in [2.24, 2.45) is 0 Å². The van der Waals surface area contributed by atoms with E-state index in [1.54, 1.807) is 19.3 Å². The minimum atomic E-state index is -1.41. The first-order valence-corrected chi connectivity index (χ1v) is 11.7. The largest absolute Gasteiger partial charge is 0.388 e. The third kappa shape index (κ3) is 6.53. The molecule has 0 radical (unpaired) electrons. The van der Waals surface area contributed by atoms with Gasteiger partial charge in [0.2, 0.25) is 5.91 Å². The first-order chi connectivity index (χ1) is 14.1. The van der Waals surface area contributed by atoms with Gasteiger partial charge in [0, 0.05) is 0 Å². The molecule has 1 amide bonds. The van der Waals surface area contributed by atoms with Crippen LogP contribution in [0.4, 0.5) is 0 Å². The molecule has 2 rings (SSSR count). The Hall–Kier alpha value is -0.940. The second-order valence-electron chi connectivity index (χ2n) is 7.60. The third-order valence-corrected chi connectivity index (χ3v) is 6.39. The van der Waals surface area contributed by atoms with Crippen molar-refractivity contribution in [1.82, 2.24) is 10.6 Å². The fraction of sp³-hybridized carbons (Fsp3) is 0.700. The van der Waals surface area contributed by atoms with Gasteiger partial charge in [-0.2, -0.15) is 0 Å². The molecular formula is C20H31ClN2O6S. The van der Waals surface area contributed by atoms with Crippen molar-refractivity contribution >= 4 is 35.1 Å². The van der Waals surface area contributed by atoms with Gasteiger partial charge in [0.15, 0.2) is 5.78 Å². The number of alkyl halides is 1. The van der Waals surface area contributed by atoms with Crippen molar-refractivity contribution in [1.29, 1.82) is 0 Å². The number of halogens is 1. The van der Waals surface area contributed by atoms with Crippen LogP contribution in [0.25, 0.3) is 0 Å². The van der Waals surface area contributed by atoms with Crippen molar-refractivity contribution in [3.63, 3.8) is 0 Å². The highest BCUT2D eigenvalue weighted by molar-refractivity contribution is 7.99. The fourth-order valence-corrected chi connectivity index (χ4v) is 4.39. The average molecular weight is 463 g/mol. The van der Waals surface area contributed by atoms with Gasteiger partial charge in [0.25, 0.3) is 0 Å². The minimum absolute atomic E-state index is 0.0387. The Morgan fingerprint density at radius 1 is 1.33 bits per heavy atom. The number of nitrogens with one attached hydrogen (secondary N) is 2. The number of carbonyl (C=O) groups is 2. The van der Waals surface area contributed by atoms with Gasteiger partial charge in [-0.25, -0.2) is 0 Å². The highest BCUT2D eigenvalue weighted by atomic mass is 35.5. The summed E-state index contributed by atoms with van der Waals surface area (Å²) in [5.41, 5.74) is 0.221. The summed E-state index contributed by atoms with van der Waals surface area (Å²) < 4.78 is 5.77. The number of aliphatic hydroxyl groups is 3. The third-order valence-electron chi connectivity index (χ3n) is 5.27. The summed E-state index contributed by atoms with van der Waals surface area (Å²) in [6, 6.07) is -1.30. The second-order valence-corrected chi connectivity index (χ2v) is 9.23. The quantitative estimate of drug-likeness (QED) is 0.266. The van der Waals surface area contributed by atoms with E-state index in [1.165, 1.54) is 24.8 Å². The van der Waals surface area contributed by atoms with E-state index in [0.29, 0.717) is 19.4 Å². The molecule has 2 aliphatic rings. The molecule has 0 aromatic heterocycles. The van der Waals surface area contributed by atoms with Crippen LogP contribution in [0, 0.1) is 0 Å². The lowest BCUT2D eigenvalue weighted by molar-refractivity contribution is -0.205. The van der Waals surface area contributed by atoms with Crippen LogP contribution in [0.5, 0.6) is 0 Å². The van der Waals surface area contributed by atoms with Crippen molar-refractivity contribution in [3.8, 4) is 0 Å². The van der Waals surface area contributed by atoms with Crippen LogP contribution in [0.15, 0.2) is 23.8 Å². The Morgan fingerprint density at radius 2 is 2.03 bits per heavy atom. The molecule has 170 valence electrons. The summed E-state index contributed by atoms with van der Waals surface area (Å²) in [5.74, 6) is -0.346. The van der Waals surface area contributed by atoms with E-state index in [-0.39, 0.29) is 11.7 Å². The number of thioether (sulfide) groups is 1. The predicted octanol–water partition coefficient (Wildman–Crippen LogP) is 0.0927. The number of carbonyl (C=O) groups excluding carboxylic acids is 2. The normalized spacial score (nSPS) is 34.7. The lowest BCUT2D eigenvalue weighted by Gasteiger charge is -2.44. The van der Waals surface area contributed by atoms with Gasteiger partial charge < -0.3 is 30.7 Å². The number of hydrogen-bond donors (Lipinski definition) is 5. The standard InChI is InChI=1S/C20H31ClN2O6S/c1-10(24)4-5-12-6-7-13(22-9-8-12)19(28)23-14(11(2)21)18-16(26)15(25)17(27)20(29-18)30-3/h4-6,11,13-18,20,22,25-27H,7-9H2,1-3H3,(H,23,28)/b5-4+/t11-,13-,14+,15?,16?,17+,18+,20?/m0/s1. The molecule has 30 heavy (non-hydrogen) atoms. The van der Waals surface area contributed by atoms with Crippen LogP contribution in [-0.4, -0.2) is 87.1 Å². The summed E-state index contributed by atoms with van der Waals surface area (Å²) >= 11 is 7.50. The second kappa shape index (κ2) is 11.6. The van der Waals surface area contributed by atoms with Crippen molar-refractivity contribution in [2.45, 2.75) is 74.0 Å². The zero-order valence-electron chi connectivity index (χ0n) is 17.3. The molecule has 1 fully saturated rings. The van der Waals surface area contributed by atoms with Crippen molar-refractivity contribution in [2.75, 3.05) is 12.8 Å². The van der Waals surface area contributed by atoms with E-state index in [2.05, 4.69) is 10.6 Å². The predicted molar refractivity (Wildman–Crippen MR) is 116 cm³/mol. The molecule has 0 saturated carbocycles. The van der Waals surface area contributed by atoms with Crippen molar-refractivity contribution < 1.29 is 29.6 Å². The molecular weight excluding hydrogens is 432 g/mol. The van der Waals surface area contributed by atoms with Gasteiger partial charge in [-0.05, 0) is 45.6 Å². The van der Waals surface area contributed by atoms with Gasteiger partial charge in [0.1, 0.15) is 29.9 Å². The van der Waals surface area contributed by atoms with Crippen LogP contribution < -0.4 is 10.6 Å². The van der Waals surface area contributed by atoms with Gasteiger partial charge in [-0.3, -0.25) is 9.59 Å². The Morgan fingerprint density at radius 3 is 2.63 bits per heavy atom. The van der Waals surface area contributed by atoms with Gasteiger partial charge in [-0.1, -0.05) is 17.7 Å². The maximum Gasteiger partial charge on any atom is 0.237 e. The lowest BCUT2D eigenvalue weighted by Crippen LogP contribution is -2.65. The van der Waals surface area contributed by atoms with E-state index in [0.717, 1.165) is 5.57 Å². The molecule has 0 bridgehead atoms. The number of amides is 1. The summed E-state index contributed by atoms with van der Waals surface area (Å²) in [4.78, 5) is 24.0. The van der Waals surface area contributed by atoms with Crippen molar-refractivity contribution in [3.05, 3.63) is 23.8 Å². The summed E-state index contributed by atoms with van der Waals surface area (Å²) in [5, 5.41) is 36.1. The summed E-state index contributed by atoms with van der Waals surface area (Å²) in [6.07, 6.45) is 2.96. The Labute approximate surface area is 186 Å². The number of aliphatic hydroxyl groups excluding tert-OH is 3. The zero-order chi connectivity index (χ0) is 22.4. The Bertz CT molecular complexity index is 672. The number of hydrogen-bond acceptors (Lipinski definition) is 8. The minimum Gasteiger partial charge on any atom is -0.388 e. The number of rotatable bonds is 7. The van der Waals surface area contributed by atoms with Gasteiger partial charge in [-0.15, -0.1) is 23.4 Å². The molecule has 0 spiro atoms. The lowest BCUT2D eigenvalue weighted by atomic mass is 9.93. The smallest absolute Gasteiger partial charge is 0.237 e. The molecule has 0 aliphatic carbocycles. The maximum absolute atomic E-state index is 12.9. The fourth-order valence-electron chi connectivity index (χ4n) is 3.51. The first kappa shape index (κ1) is 25.3. The number of ether oxygens (including phenoxy) is 1. The first-order valence-electron chi connectivity index (χ1n) is 9.93. The van der Waals surface area contributed by atoms with Crippen LogP contribution in [0.1, 0.15) is 26.7 Å². The average Bonchev–Trinajstić information content (AvgIpc) is 2.95. The van der Waals surface area contributed by atoms with E-state index in [1.807, 2.05) is 6.08 Å². The molecule has 3 unspecified atom stereocenters. The van der Waals surface area contributed by atoms with E-state index in [9.17, 15) is 24.9 Å². The maximum atomic E-state index is 12.9. The highest BCUT2D eigenvalue weighted by Crippen LogP contribution is 2.30. The number of ketones is 1. The molecule has 1 saturated heterocycles. The van der Waals surface area contributed by atoms with Crippen LogP contribution >= 0.6 is 23.4 Å². The van der Waals surface area contributed by atoms with Crippen LogP contribution in [0.2, 0.25) is 0 Å². The summed E-state index contributed by atoms with van der Waals surface area (Å²) in [7, 11) is 0. The van der Waals surface area contributed by atoms with Crippen LogP contribution in [0.3, 0.4) is 0 Å². The molecule has 2 aliphatic heterocycles. The summed E-state index contributed by atoms with van der Waals surface area (Å²) in [6.45, 7) is 3.71. The topological polar surface area (TPSA) is 128 Å². The molecule has 0 aromatic rings. The van der Waals surface area contributed by atoms with Gasteiger partial charge in [0.05, 0.1) is 17.5 Å². The van der Waals surface area contributed by atoms with Gasteiger partial charge >= 0.3 is 0 Å². The molecule has 10 heteroatoms. The highest BCUT2D eigenvalue weighted by Gasteiger charge is 2.48. The van der Waals surface area contributed by atoms with E-state index >= 15 is 0 Å².